The molecule has 0 aromatic rings. The predicted molar refractivity (Wildman–Crippen MR) is 64.8 cm³/mol. The molecule has 16 heavy (non-hydrogen) atoms. The van der Waals surface area contributed by atoms with Crippen LogP contribution in [0.3, 0.4) is 0 Å². The van der Waals surface area contributed by atoms with E-state index < -0.39 is 0 Å². The van der Waals surface area contributed by atoms with E-state index in [1.807, 2.05) is 13.8 Å². The maximum absolute atomic E-state index is 11.8. The maximum Gasteiger partial charge on any atom is 0.150 e. The topological polar surface area (TPSA) is 40.9 Å². The molecule has 0 spiro atoms. The van der Waals surface area contributed by atoms with Crippen molar-refractivity contribution in [1.82, 2.24) is 0 Å². The van der Waals surface area contributed by atoms with Crippen LogP contribution in [0, 0.1) is 29.1 Å². The molecular formula is C14H23NO. The van der Waals surface area contributed by atoms with Crippen molar-refractivity contribution in [3.63, 3.8) is 0 Å². The quantitative estimate of drug-likeness (QED) is 0.710. The molecule has 2 nitrogen and oxygen atoms in total. The third kappa shape index (κ3) is 3.96. The second kappa shape index (κ2) is 6.68. The summed E-state index contributed by atoms with van der Waals surface area (Å²) in [6.07, 6.45) is 8.19. The van der Waals surface area contributed by atoms with E-state index in [-0.39, 0.29) is 17.6 Å². The zero-order valence-corrected chi connectivity index (χ0v) is 10.5. The second-order valence-corrected chi connectivity index (χ2v) is 5.36. The molecule has 1 atom stereocenters. The molecule has 0 aliphatic heterocycles. The Morgan fingerprint density at radius 1 is 1.31 bits per heavy atom. The summed E-state index contributed by atoms with van der Waals surface area (Å²) >= 11 is 0. The minimum absolute atomic E-state index is 0.156. The fraction of sp³-hybridized carbons (Fsp3) is 0.857. The smallest absolute Gasteiger partial charge is 0.150 e. The number of carbonyl (C=O) groups excluding carboxylic acids is 1. The highest BCUT2D eigenvalue weighted by atomic mass is 16.1. The molecule has 2 heteroatoms. The van der Waals surface area contributed by atoms with E-state index in [2.05, 4.69) is 6.07 Å². The number of ketones is 1. The summed E-state index contributed by atoms with van der Waals surface area (Å²) < 4.78 is 0. The third-order valence-electron chi connectivity index (χ3n) is 3.68. The van der Waals surface area contributed by atoms with Gasteiger partial charge in [-0.15, -0.1) is 0 Å². The molecular weight excluding hydrogens is 198 g/mol. The van der Waals surface area contributed by atoms with Gasteiger partial charge >= 0.3 is 0 Å². The summed E-state index contributed by atoms with van der Waals surface area (Å²) in [5.41, 5.74) is 0. The second-order valence-electron chi connectivity index (χ2n) is 5.36. The Bertz CT molecular complexity index is 258. The standard InChI is InChI=1S/C14H23NO/c1-11(2)13(10-15)14(16)9-8-12-6-4-3-5-7-12/h11-13H,3-9H2,1-2H3. The van der Waals surface area contributed by atoms with Crippen LogP contribution in [0.5, 0.6) is 0 Å². The lowest BCUT2D eigenvalue weighted by Crippen LogP contribution is -2.19. The number of hydrogen-bond acceptors (Lipinski definition) is 2. The average Bonchev–Trinajstić information content (AvgIpc) is 2.28. The van der Waals surface area contributed by atoms with Crippen LogP contribution in [-0.4, -0.2) is 5.78 Å². The molecule has 0 radical (unpaired) electrons. The van der Waals surface area contributed by atoms with Crippen molar-refractivity contribution in [2.24, 2.45) is 17.8 Å². The van der Waals surface area contributed by atoms with E-state index in [9.17, 15) is 4.79 Å². The molecule has 1 saturated carbocycles. The molecule has 0 aromatic heterocycles. The molecule has 0 bridgehead atoms. The summed E-state index contributed by atoms with van der Waals surface area (Å²) in [5.74, 6) is 0.666. The van der Waals surface area contributed by atoms with Crippen LogP contribution in [0.25, 0.3) is 0 Å². The summed E-state index contributed by atoms with van der Waals surface area (Å²) in [5, 5.41) is 8.93. The molecule has 1 fully saturated rings. The summed E-state index contributed by atoms with van der Waals surface area (Å²) in [4.78, 5) is 11.8. The van der Waals surface area contributed by atoms with Gasteiger partial charge in [-0.2, -0.15) is 5.26 Å². The highest BCUT2D eigenvalue weighted by Gasteiger charge is 2.22. The van der Waals surface area contributed by atoms with E-state index in [4.69, 9.17) is 5.26 Å². The summed E-state index contributed by atoms with van der Waals surface area (Å²) in [6.45, 7) is 3.90. The highest BCUT2D eigenvalue weighted by Crippen LogP contribution is 2.28. The highest BCUT2D eigenvalue weighted by molar-refractivity contribution is 5.83. The van der Waals surface area contributed by atoms with Gasteiger partial charge in [-0.3, -0.25) is 4.79 Å². The lowest BCUT2D eigenvalue weighted by atomic mass is 9.83. The number of nitrogens with zero attached hydrogens (tertiary/aromatic N) is 1. The first kappa shape index (κ1) is 13.2. The van der Waals surface area contributed by atoms with Crippen LogP contribution in [0.2, 0.25) is 0 Å². The van der Waals surface area contributed by atoms with Gasteiger partial charge in [0, 0.05) is 6.42 Å². The number of Topliss-reactive ketones (excluding diaryl/α,β-unsaturated/α-hetero) is 1. The summed E-state index contributed by atoms with van der Waals surface area (Å²) in [6, 6.07) is 2.14. The zero-order chi connectivity index (χ0) is 12.0. The number of hydrogen-bond donors (Lipinski definition) is 0. The zero-order valence-electron chi connectivity index (χ0n) is 10.5. The monoisotopic (exact) mass is 221 g/mol. The first-order chi connectivity index (χ1) is 7.65. The first-order valence-corrected chi connectivity index (χ1v) is 6.57. The Morgan fingerprint density at radius 3 is 2.44 bits per heavy atom. The van der Waals surface area contributed by atoms with Gasteiger partial charge in [0.1, 0.15) is 11.7 Å². The van der Waals surface area contributed by atoms with Crippen molar-refractivity contribution in [3.05, 3.63) is 0 Å². The fourth-order valence-corrected chi connectivity index (χ4v) is 2.57. The molecule has 0 aromatic carbocycles. The molecule has 90 valence electrons. The minimum Gasteiger partial charge on any atom is -0.298 e. The fourth-order valence-electron chi connectivity index (χ4n) is 2.57. The lowest BCUT2D eigenvalue weighted by molar-refractivity contribution is -0.122. The Kier molecular flexibility index (Phi) is 5.52. The Morgan fingerprint density at radius 2 is 1.94 bits per heavy atom. The predicted octanol–water partition coefficient (Wildman–Crippen LogP) is 3.71. The van der Waals surface area contributed by atoms with E-state index in [0.29, 0.717) is 6.42 Å². The molecule has 0 saturated heterocycles. The van der Waals surface area contributed by atoms with Crippen molar-refractivity contribution < 1.29 is 4.79 Å². The van der Waals surface area contributed by atoms with Gasteiger partial charge < -0.3 is 0 Å². The normalized spacial score (nSPS) is 19.4. The van der Waals surface area contributed by atoms with Crippen LogP contribution in [0.4, 0.5) is 0 Å². The van der Waals surface area contributed by atoms with Gasteiger partial charge in [0.15, 0.2) is 0 Å². The van der Waals surface area contributed by atoms with Crippen LogP contribution in [0.1, 0.15) is 58.8 Å². The van der Waals surface area contributed by atoms with Crippen molar-refractivity contribution in [2.75, 3.05) is 0 Å². The summed E-state index contributed by atoms with van der Waals surface area (Å²) in [7, 11) is 0. The Labute approximate surface area is 99.0 Å². The van der Waals surface area contributed by atoms with Gasteiger partial charge in [-0.1, -0.05) is 46.0 Å². The van der Waals surface area contributed by atoms with Gasteiger partial charge in [-0.25, -0.2) is 0 Å². The van der Waals surface area contributed by atoms with Crippen LogP contribution in [0.15, 0.2) is 0 Å². The molecule has 1 aliphatic carbocycles. The van der Waals surface area contributed by atoms with Crippen molar-refractivity contribution >= 4 is 5.78 Å². The molecule has 1 unspecified atom stereocenters. The average molecular weight is 221 g/mol. The first-order valence-electron chi connectivity index (χ1n) is 6.57. The van der Waals surface area contributed by atoms with Gasteiger partial charge in [0.2, 0.25) is 0 Å². The van der Waals surface area contributed by atoms with E-state index >= 15 is 0 Å². The van der Waals surface area contributed by atoms with E-state index in [1.165, 1.54) is 32.1 Å². The molecule has 0 N–H and O–H groups in total. The van der Waals surface area contributed by atoms with Crippen molar-refractivity contribution in [2.45, 2.75) is 58.8 Å². The van der Waals surface area contributed by atoms with Crippen LogP contribution in [-0.2, 0) is 4.79 Å². The molecule has 0 amide bonds. The van der Waals surface area contributed by atoms with E-state index in [0.717, 1.165) is 12.3 Å². The molecule has 1 aliphatic rings. The van der Waals surface area contributed by atoms with E-state index in [1.54, 1.807) is 0 Å². The molecule has 1 rings (SSSR count). The lowest BCUT2D eigenvalue weighted by Gasteiger charge is -2.21. The number of rotatable bonds is 5. The van der Waals surface area contributed by atoms with Crippen LogP contribution >= 0.6 is 0 Å². The van der Waals surface area contributed by atoms with Crippen molar-refractivity contribution in [3.8, 4) is 6.07 Å². The minimum atomic E-state index is -0.386. The van der Waals surface area contributed by atoms with Gasteiger partial charge in [0.25, 0.3) is 0 Å². The Balaban J connectivity index is 2.31. The SMILES string of the molecule is CC(C)C(C#N)C(=O)CCC1CCCCC1. The Hall–Kier alpha value is -0.840. The number of carbonyl (C=O) groups is 1. The third-order valence-corrected chi connectivity index (χ3v) is 3.68. The molecule has 0 heterocycles. The van der Waals surface area contributed by atoms with Crippen molar-refractivity contribution in [1.29, 1.82) is 5.26 Å². The largest absolute Gasteiger partial charge is 0.298 e. The van der Waals surface area contributed by atoms with Gasteiger partial charge in [0.05, 0.1) is 6.07 Å². The maximum atomic E-state index is 11.8. The van der Waals surface area contributed by atoms with Crippen LogP contribution < -0.4 is 0 Å². The van der Waals surface area contributed by atoms with Gasteiger partial charge in [-0.05, 0) is 18.3 Å². The number of nitriles is 1.